The van der Waals surface area contributed by atoms with Crippen molar-refractivity contribution in [2.24, 2.45) is 22.7 Å². The Morgan fingerprint density at radius 3 is 2.46 bits per heavy atom. The van der Waals surface area contributed by atoms with Crippen molar-refractivity contribution < 1.29 is 19.7 Å². The number of halogens is 1. The minimum absolute atomic E-state index is 0.117. The molecule has 3 nitrogen and oxygen atoms in total. The molecule has 4 heteroatoms. The summed E-state index contributed by atoms with van der Waals surface area (Å²) in [4.78, 5) is 0. The summed E-state index contributed by atoms with van der Waals surface area (Å²) in [5.41, 5.74) is -2.60. The first-order valence-electron chi connectivity index (χ1n) is 9.55. The van der Waals surface area contributed by atoms with Gasteiger partial charge in [-0.3, -0.25) is 0 Å². The maximum atomic E-state index is 16.7. The fourth-order valence-corrected chi connectivity index (χ4v) is 6.94. The van der Waals surface area contributed by atoms with Gasteiger partial charge < -0.3 is 15.3 Å². The van der Waals surface area contributed by atoms with Gasteiger partial charge in [0.1, 0.15) is 5.67 Å². The zero-order chi connectivity index (χ0) is 17.5. The van der Waals surface area contributed by atoms with Crippen LogP contribution >= 0.6 is 0 Å². The summed E-state index contributed by atoms with van der Waals surface area (Å²) in [5.74, 6) is -0.0938. The fourth-order valence-electron chi connectivity index (χ4n) is 6.94. The lowest BCUT2D eigenvalue weighted by atomic mass is 9.44. The van der Waals surface area contributed by atoms with E-state index >= 15 is 4.39 Å². The quantitative estimate of drug-likeness (QED) is 0.595. The molecule has 0 aliphatic heterocycles. The Morgan fingerprint density at radius 1 is 1.04 bits per heavy atom. The van der Waals surface area contributed by atoms with E-state index in [9.17, 15) is 15.3 Å². The Kier molecular flexibility index (Phi) is 3.42. The van der Waals surface area contributed by atoms with Crippen LogP contribution in [0.1, 0.15) is 65.7 Å². The fraction of sp³-hybridized carbons (Fsp3) is 0.900. The molecule has 0 aromatic carbocycles. The number of aliphatic hydroxyl groups is 3. The van der Waals surface area contributed by atoms with E-state index in [4.69, 9.17) is 0 Å². The molecule has 136 valence electrons. The first-order chi connectivity index (χ1) is 11.1. The van der Waals surface area contributed by atoms with E-state index in [2.05, 4.69) is 0 Å². The maximum Gasteiger partial charge on any atom is 0.148 e. The van der Waals surface area contributed by atoms with E-state index in [0.29, 0.717) is 32.1 Å². The number of aliphatic hydroxyl groups excluding tert-OH is 2. The van der Waals surface area contributed by atoms with Crippen LogP contribution in [0.25, 0.3) is 0 Å². The van der Waals surface area contributed by atoms with Gasteiger partial charge in [-0.2, -0.15) is 0 Å². The highest BCUT2D eigenvalue weighted by molar-refractivity contribution is 5.32. The largest absolute Gasteiger partial charge is 0.390 e. The Morgan fingerprint density at radius 2 is 1.75 bits per heavy atom. The van der Waals surface area contributed by atoms with Gasteiger partial charge in [-0.05, 0) is 57.8 Å². The monoisotopic (exact) mass is 338 g/mol. The molecule has 4 aliphatic rings. The lowest BCUT2D eigenvalue weighted by molar-refractivity contribution is -0.226. The highest BCUT2D eigenvalue weighted by Crippen LogP contribution is 2.70. The van der Waals surface area contributed by atoms with E-state index in [0.717, 1.165) is 18.4 Å². The minimum atomic E-state index is -1.65. The van der Waals surface area contributed by atoms with Crippen LogP contribution in [-0.2, 0) is 0 Å². The minimum Gasteiger partial charge on any atom is -0.390 e. The van der Waals surface area contributed by atoms with Gasteiger partial charge in [0.25, 0.3) is 0 Å². The smallest absolute Gasteiger partial charge is 0.148 e. The van der Waals surface area contributed by atoms with Crippen molar-refractivity contribution in [2.45, 2.75) is 89.2 Å². The standard InChI is InChI=1S/C20H31FO3/c1-17-8-6-13(22)10-12(17)4-5-15-14-7-9-19(3,24)18(14,2)11-16(23)20(15,17)21/h10,13-16,22-24H,4-9,11H2,1-3H3/t13-,14?,15?,16?,17?,18?,19+,20+/m1/s1. The van der Waals surface area contributed by atoms with Crippen molar-refractivity contribution in [3.63, 3.8) is 0 Å². The second kappa shape index (κ2) is 4.83. The number of rotatable bonds is 0. The van der Waals surface area contributed by atoms with Crippen molar-refractivity contribution >= 4 is 0 Å². The zero-order valence-electron chi connectivity index (χ0n) is 15.1. The predicted molar refractivity (Wildman–Crippen MR) is 90.1 cm³/mol. The van der Waals surface area contributed by atoms with Crippen LogP contribution < -0.4 is 0 Å². The first kappa shape index (κ1) is 17.0. The van der Waals surface area contributed by atoms with Crippen molar-refractivity contribution in [1.29, 1.82) is 0 Å². The van der Waals surface area contributed by atoms with Crippen LogP contribution in [0.2, 0.25) is 0 Å². The molecule has 0 spiro atoms. The molecule has 0 heterocycles. The van der Waals surface area contributed by atoms with Crippen LogP contribution in [0.4, 0.5) is 4.39 Å². The molecule has 4 aliphatic carbocycles. The number of alkyl halides is 1. The number of fused-ring (bicyclic) bond motifs is 5. The highest BCUT2D eigenvalue weighted by atomic mass is 19.1. The van der Waals surface area contributed by atoms with Crippen molar-refractivity contribution in [1.82, 2.24) is 0 Å². The summed E-state index contributed by atoms with van der Waals surface area (Å²) in [7, 11) is 0. The average molecular weight is 338 g/mol. The van der Waals surface area contributed by atoms with Gasteiger partial charge in [0, 0.05) is 16.7 Å². The first-order valence-corrected chi connectivity index (χ1v) is 9.55. The third-order valence-corrected chi connectivity index (χ3v) is 8.73. The van der Waals surface area contributed by atoms with Crippen LogP contribution in [0, 0.1) is 22.7 Å². The van der Waals surface area contributed by atoms with E-state index in [-0.39, 0.29) is 11.8 Å². The lowest BCUT2D eigenvalue weighted by Gasteiger charge is -2.63. The molecule has 3 fully saturated rings. The van der Waals surface area contributed by atoms with Crippen molar-refractivity contribution in [3.05, 3.63) is 11.6 Å². The molecule has 0 bridgehead atoms. The molecule has 3 saturated carbocycles. The lowest BCUT2D eigenvalue weighted by Crippen LogP contribution is -2.68. The molecule has 0 aromatic rings. The maximum absolute atomic E-state index is 16.7. The summed E-state index contributed by atoms with van der Waals surface area (Å²) in [6, 6.07) is 0. The van der Waals surface area contributed by atoms with Crippen LogP contribution in [0.15, 0.2) is 11.6 Å². The van der Waals surface area contributed by atoms with E-state index < -0.39 is 34.3 Å². The van der Waals surface area contributed by atoms with Gasteiger partial charge in [-0.1, -0.05) is 25.5 Å². The molecule has 4 rings (SSSR count). The highest BCUT2D eigenvalue weighted by Gasteiger charge is 2.72. The van der Waals surface area contributed by atoms with Crippen molar-refractivity contribution in [2.75, 3.05) is 0 Å². The Hall–Kier alpha value is -0.450. The van der Waals surface area contributed by atoms with Gasteiger partial charge >= 0.3 is 0 Å². The zero-order valence-corrected chi connectivity index (χ0v) is 15.1. The van der Waals surface area contributed by atoms with E-state index in [1.807, 2.05) is 26.8 Å². The molecule has 0 amide bonds. The molecule has 0 aromatic heterocycles. The summed E-state index contributed by atoms with van der Waals surface area (Å²) in [6.07, 6.45) is 4.80. The number of allylic oxidation sites excluding steroid dienone is 1. The molecular weight excluding hydrogens is 307 g/mol. The molecule has 5 unspecified atom stereocenters. The van der Waals surface area contributed by atoms with Crippen molar-refractivity contribution in [3.8, 4) is 0 Å². The van der Waals surface area contributed by atoms with Gasteiger partial charge in [0.15, 0.2) is 0 Å². The summed E-state index contributed by atoms with van der Waals surface area (Å²) in [6.45, 7) is 5.86. The van der Waals surface area contributed by atoms with E-state index in [1.165, 1.54) is 0 Å². The van der Waals surface area contributed by atoms with Crippen LogP contribution in [-0.4, -0.2) is 38.8 Å². The average Bonchev–Trinajstić information content (AvgIpc) is 2.72. The van der Waals surface area contributed by atoms with Gasteiger partial charge in [-0.25, -0.2) is 4.39 Å². The SMILES string of the molecule is CC12CC[C@@H](O)C=C1CCC1C3CC[C@](C)(O)C3(C)CC(O)[C@@]12F. The van der Waals surface area contributed by atoms with Crippen LogP contribution in [0.3, 0.4) is 0 Å². The molecule has 3 N–H and O–H groups in total. The summed E-state index contributed by atoms with van der Waals surface area (Å²) >= 11 is 0. The second-order valence-corrected chi connectivity index (χ2v) is 9.60. The van der Waals surface area contributed by atoms with Gasteiger partial charge in [0.05, 0.1) is 17.8 Å². The second-order valence-electron chi connectivity index (χ2n) is 9.60. The predicted octanol–water partition coefficient (Wildman–Crippen LogP) is 3.12. The van der Waals surface area contributed by atoms with E-state index in [1.54, 1.807) is 0 Å². The molecule has 8 atom stereocenters. The number of hydrogen-bond donors (Lipinski definition) is 3. The number of hydrogen-bond acceptors (Lipinski definition) is 3. The third-order valence-electron chi connectivity index (χ3n) is 8.73. The molecule has 0 radical (unpaired) electrons. The van der Waals surface area contributed by atoms with Gasteiger partial charge in [-0.15, -0.1) is 0 Å². The molecular formula is C20H31FO3. The Balaban J connectivity index is 1.81. The summed E-state index contributed by atoms with van der Waals surface area (Å²) in [5, 5.41) is 31.9. The Labute approximate surface area is 144 Å². The topological polar surface area (TPSA) is 60.7 Å². The molecule has 24 heavy (non-hydrogen) atoms. The molecule has 0 saturated heterocycles. The van der Waals surface area contributed by atoms with Gasteiger partial charge in [0.2, 0.25) is 0 Å². The summed E-state index contributed by atoms with van der Waals surface area (Å²) < 4.78 is 16.7. The normalized spacial score (nSPS) is 60.0. The Bertz CT molecular complexity index is 587. The third kappa shape index (κ3) is 1.78. The van der Waals surface area contributed by atoms with Crippen LogP contribution in [0.5, 0.6) is 0 Å².